The number of aryl methyl sites for hydroxylation is 1. The predicted octanol–water partition coefficient (Wildman–Crippen LogP) is 8.40. The number of benzene rings is 3. The molecule has 1 saturated carbocycles. The average molecular weight is 546 g/mol. The highest BCUT2D eigenvalue weighted by Gasteiger charge is 2.26. The van der Waals surface area contributed by atoms with Crippen molar-refractivity contribution in [1.82, 2.24) is 5.06 Å². The quantitative estimate of drug-likeness (QED) is 0.244. The number of hydrogen-bond acceptors (Lipinski definition) is 4. The van der Waals surface area contributed by atoms with Crippen LogP contribution >= 0.6 is 0 Å². The summed E-state index contributed by atoms with van der Waals surface area (Å²) in [6, 6.07) is 11.3. The van der Waals surface area contributed by atoms with E-state index in [0.29, 0.717) is 35.3 Å². The third kappa shape index (κ3) is 6.32. The fourth-order valence-electron chi connectivity index (χ4n) is 5.12. The van der Waals surface area contributed by atoms with E-state index in [4.69, 9.17) is 14.3 Å². The minimum absolute atomic E-state index is 0.0372. The highest BCUT2D eigenvalue weighted by molar-refractivity contribution is 5.75. The van der Waals surface area contributed by atoms with Crippen molar-refractivity contribution in [3.05, 3.63) is 76.9 Å². The van der Waals surface area contributed by atoms with Crippen LogP contribution in [0.25, 0.3) is 11.1 Å². The molecule has 210 valence electrons. The molecule has 0 unspecified atom stereocenters. The van der Waals surface area contributed by atoms with Gasteiger partial charge in [0.2, 0.25) is 11.6 Å². The van der Waals surface area contributed by atoms with Gasteiger partial charge < -0.3 is 14.3 Å². The molecule has 3 aromatic carbocycles. The van der Waals surface area contributed by atoms with Gasteiger partial charge in [-0.2, -0.15) is 8.78 Å². The first kappa shape index (κ1) is 28.7. The van der Waals surface area contributed by atoms with Gasteiger partial charge in [0.15, 0.2) is 23.1 Å². The molecule has 6 rings (SSSR count). The topological polar surface area (TPSA) is 30.9 Å². The van der Waals surface area contributed by atoms with Gasteiger partial charge in [-0.1, -0.05) is 57.4 Å². The molecule has 0 radical (unpaired) electrons. The highest BCUT2D eigenvalue weighted by Crippen LogP contribution is 2.40. The van der Waals surface area contributed by atoms with Crippen molar-refractivity contribution in [2.24, 2.45) is 0 Å². The zero-order valence-electron chi connectivity index (χ0n) is 22.7. The van der Waals surface area contributed by atoms with Gasteiger partial charge in [-0.15, -0.1) is 5.06 Å². The van der Waals surface area contributed by atoms with Gasteiger partial charge in [0, 0.05) is 29.8 Å². The summed E-state index contributed by atoms with van der Waals surface area (Å²) in [4.78, 5) is 5.59. The highest BCUT2D eigenvalue weighted by atomic mass is 19.2. The monoisotopic (exact) mass is 545 g/mol. The molecule has 3 aliphatic rings. The van der Waals surface area contributed by atoms with E-state index in [9.17, 15) is 17.6 Å². The maximum absolute atomic E-state index is 14.1. The number of rotatable bonds is 3. The Hall–Kier alpha value is -3.26. The lowest BCUT2D eigenvalue weighted by Gasteiger charge is -2.31. The molecule has 0 amide bonds. The van der Waals surface area contributed by atoms with Crippen molar-refractivity contribution in [1.29, 1.82) is 0 Å². The summed E-state index contributed by atoms with van der Waals surface area (Å²) < 4.78 is 65.6. The standard InChI is InChI=1S/C16H21F2NO2.C13H8F2O.C2H6/c1-19(12-7-3-2-4-8-12)21-13-10-11-6-5-9-20-16(11)15(18)14(13)17;14-11-5-1-3-8-9-4-2-6-12(15)13(9)16-7-10(8)11;1-2/h10,12H,2-9H2,1H3;1-6H,7H2;1-2H3. The summed E-state index contributed by atoms with van der Waals surface area (Å²) in [6.07, 6.45) is 7.14. The Bertz CT molecular complexity index is 1230. The molecular formula is C31H35F4NO3. The lowest BCUT2D eigenvalue weighted by atomic mass is 9.95. The van der Waals surface area contributed by atoms with Gasteiger partial charge in [-0.25, -0.2) is 8.78 Å². The molecule has 0 saturated heterocycles. The van der Waals surface area contributed by atoms with Crippen molar-refractivity contribution < 1.29 is 31.9 Å². The van der Waals surface area contributed by atoms with E-state index in [1.807, 2.05) is 13.8 Å². The Morgan fingerprint density at radius 2 is 1.49 bits per heavy atom. The van der Waals surface area contributed by atoms with E-state index in [1.165, 1.54) is 18.6 Å². The average Bonchev–Trinajstić information content (AvgIpc) is 2.98. The number of para-hydroxylation sites is 1. The van der Waals surface area contributed by atoms with E-state index < -0.39 is 17.5 Å². The third-order valence-corrected chi connectivity index (χ3v) is 7.11. The van der Waals surface area contributed by atoms with Crippen LogP contribution in [0.5, 0.6) is 17.2 Å². The Balaban J connectivity index is 0.000000175. The maximum Gasteiger partial charge on any atom is 0.207 e. The van der Waals surface area contributed by atoms with Crippen molar-refractivity contribution >= 4 is 0 Å². The molecule has 2 heterocycles. The fraction of sp³-hybridized carbons (Fsp3) is 0.419. The lowest BCUT2D eigenvalue weighted by molar-refractivity contribution is -0.0838. The summed E-state index contributed by atoms with van der Waals surface area (Å²) in [6.45, 7) is 4.52. The molecular weight excluding hydrogens is 510 g/mol. The minimum Gasteiger partial charge on any atom is -0.490 e. The van der Waals surface area contributed by atoms with Crippen LogP contribution in [0.3, 0.4) is 0 Å². The molecule has 0 N–H and O–H groups in total. The van der Waals surface area contributed by atoms with Crippen molar-refractivity contribution in [2.45, 2.75) is 71.4 Å². The number of nitrogens with zero attached hydrogens (tertiary/aromatic N) is 1. The first-order valence-corrected chi connectivity index (χ1v) is 13.7. The summed E-state index contributed by atoms with van der Waals surface area (Å²) in [7, 11) is 1.79. The molecule has 0 spiro atoms. The van der Waals surface area contributed by atoms with Crippen molar-refractivity contribution in [2.75, 3.05) is 13.7 Å². The van der Waals surface area contributed by atoms with Crippen LogP contribution in [0.15, 0.2) is 42.5 Å². The van der Waals surface area contributed by atoms with Crippen LogP contribution in [0.4, 0.5) is 17.6 Å². The van der Waals surface area contributed by atoms with Crippen LogP contribution in [0.2, 0.25) is 0 Å². The van der Waals surface area contributed by atoms with E-state index >= 15 is 0 Å². The number of halogens is 4. The van der Waals surface area contributed by atoms with E-state index in [0.717, 1.165) is 32.1 Å². The largest absolute Gasteiger partial charge is 0.490 e. The number of hydroxylamine groups is 2. The minimum atomic E-state index is -0.960. The van der Waals surface area contributed by atoms with Gasteiger partial charge in [0.1, 0.15) is 12.4 Å². The zero-order chi connectivity index (χ0) is 27.9. The summed E-state index contributed by atoms with van der Waals surface area (Å²) in [5.41, 5.74) is 2.49. The lowest BCUT2D eigenvalue weighted by Crippen LogP contribution is -2.36. The Labute approximate surface area is 227 Å². The van der Waals surface area contributed by atoms with Gasteiger partial charge >= 0.3 is 0 Å². The molecule has 8 heteroatoms. The smallest absolute Gasteiger partial charge is 0.207 e. The van der Waals surface area contributed by atoms with Gasteiger partial charge in [-0.3, -0.25) is 0 Å². The fourth-order valence-corrected chi connectivity index (χ4v) is 5.12. The van der Waals surface area contributed by atoms with Crippen LogP contribution in [0.1, 0.15) is 63.5 Å². The van der Waals surface area contributed by atoms with Gasteiger partial charge in [0.25, 0.3) is 0 Å². The Kier molecular flexibility index (Phi) is 9.73. The number of fused-ring (bicyclic) bond motifs is 4. The summed E-state index contributed by atoms with van der Waals surface area (Å²) in [5, 5.41) is 1.67. The first-order valence-electron chi connectivity index (χ1n) is 13.7. The second-order valence-electron chi connectivity index (χ2n) is 9.54. The molecule has 3 aromatic rings. The second-order valence-corrected chi connectivity index (χ2v) is 9.54. The molecule has 0 atom stereocenters. The Morgan fingerprint density at radius 1 is 0.795 bits per heavy atom. The van der Waals surface area contributed by atoms with Gasteiger partial charge in [0.05, 0.1) is 6.61 Å². The van der Waals surface area contributed by atoms with Crippen LogP contribution in [-0.4, -0.2) is 24.8 Å². The van der Waals surface area contributed by atoms with Crippen molar-refractivity contribution in [3.8, 4) is 28.4 Å². The van der Waals surface area contributed by atoms with E-state index in [-0.39, 0.29) is 35.7 Å². The van der Waals surface area contributed by atoms with Crippen LogP contribution in [-0.2, 0) is 13.0 Å². The second kappa shape index (κ2) is 13.2. The predicted molar refractivity (Wildman–Crippen MR) is 143 cm³/mol. The third-order valence-electron chi connectivity index (χ3n) is 7.11. The van der Waals surface area contributed by atoms with Crippen LogP contribution < -0.4 is 14.3 Å². The first-order chi connectivity index (χ1) is 18.9. The number of ether oxygens (including phenoxy) is 2. The number of hydrogen-bond donors (Lipinski definition) is 0. The van der Waals surface area contributed by atoms with E-state index in [2.05, 4.69) is 0 Å². The summed E-state index contributed by atoms with van der Waals surface area (Å²) in [5.74, 6) is -2.39. The molecule has 1 aliphatic carbocycles. The summed E-state index contributed by atoms with van der Waals surface area (Å²) >= 11 is 0. The molecule has 0 aromatic heterocycles. The molecule has 0 bridgehead atoms. The molecule has 39 heavy (non-hydrogen) atoms. The SMILES string of the molecule is CC.CN(Oc1cc2c(c(F)c1F)OCCC2)C1CCCCC1.Fc1cccc2c1COc1c(F)cccc1-2. The van der Waals surface area contributed by atoms with Gasteiger partial charge in [-0.05, 0) is 49.4 Å². The van der Waals surface area contributed by atoms with Crippen LogP contribution in [0, 0.1) is 23.3 Å². The maximum atomic E-state index is 14.1. The zero-order valence-corrected chi connectivity index (χ0v) is 22.7. The Morgan fingerprint density at radius 3 is 2.23 bits per heavy atom. The van der Waals surface area contributed by atoms with E-state index in [1.54, 1.807) is 42.4 Å². The molecule has 2 aliphatic heterocycles. The molecule has 4 nitrogen and oxygen atoms in total. The normalized spacial score (nSPS) is 15.7. The van der Waals surface area contributed by atoms with Crippen molar-refractivity contribution in [3.63, 3.8) is 0 Å². The molecule has 1 fully saturated rings.